The highest BCUT2D eigenvalue weighted by molar-refractivity contribution is 7.07. The van der Waals surface area contributed by atoms with Crippen LogP contribution in [0.4, 0.5) is 0 Å². The Bertz CT molecular complexity index is 2060. The van der Waals surface area contributed by atoms with Gasteiger partial charge in [-0.2, -0.15) is 0 Å². The third-order valence-electron chi connectivity index (χ3n) is 7.66. The molecular weight excluding hydrogens is 576 g/mol. The summed E-state index contributed by atoms with van der Waals surface area (Å²) in [5.41, 5.74) is 2.00. The highest BCUT2D eigenvalue weighted by Crippen LogP contribution is 2.41. The third kappa shape index (κ3) is 5.18. The highest BCUT2D eigenvalue weighted by Gasteiger charge is 2.36. The second-order valence-corrected chi connectivity index (χ2v) is 11.3. The molecule has 4 aromatic carbocycles. The van der Waals surface area contributed by atoms with Gasteiger partial charge in [-0.3, -0.25) is 9.36 Å². The average Bonchev–Trinajstić information content (AvgIpc) is 3.34. The van der Waals surface area contributed by atoms with Crippen LogP contribution in [-0.2, 0) is 14.3 Å². The predicted molar refractivity (Wildman–Crippen MR) is 172 cm³/mol. The molecule has 0 saturated heterocycles. The van der Waals surface area contributed by atoms with E-state index in [1.54, 1.807) is 24.7 Å². The summed E-state index contributed by atoms with van der Waals surface area (Å²) in [6.45, 7) is 4.30. The monoisotopic (exact) mass is 608 g/mol. The number of thiazole rings is 1. The van der Waals surface area contributed by atoms with E-state index in [1.807, 2.05) is 49.4 Å². The van der Waals surface area contributed by atoms with E-state index in [9.17, 15) is 9.59 Å². The maximum atomic E-state index is 14.4. The van der Waals surface area contributed by atoms with Crippen molar-refractivity contribution in [2.75, 3.05) is 34.0 Å². The molecule has 44 heavy (non-hydrogen) atoms. The number of hydrogen-bond donors (Lipinski definition) is 0. The minimum absolute atomic E-state index is 0.0633. The van der Waals surface area contributed by atoms with Crippen LogP contribution in [0.2, 0.25) is 0 Å². The number of rotatable bonds is 9. The van der Waals surface area contributed by atoms with E-state index < -0.39 is 12.0 Å². The van der Waals surface area contributed by atoms with E-state index >= 15 is 0 Å². The fourth-order valence-corrected chi connectivity index (χ4v) is 6.74. The maximum Gasteiger partial charge on any atom is 0.338 e. The highest BCUT2D eigenvalue weighted by atomic mass is 32.1. The molecule has 0 bridgehead atoms. The molecule has 0 fully saturated rings. The Morgan fingerprint density at radius 2 is 1.68 bits per heavy atom. The van der Waals surface area contributed by atoms with E-state index in [1.165, 1.54) is 18.4 Å². The molecule has 2 heterocycles. The first kappa shape index (κ1) is 29.3. The van der Waals surface area contributed by atoms with Crippen LogP contribution in [0.25, 0.3) is 27.6 Å². The normalized spacial score (nSPS) is 14.9. The molecule has 224 valence electrons. The number of methoxy groups -OCH3 is 2. The van der Waals surface area contributed by atoms with Crippen LogP contribution >= 0.6 is 11.3 Å². The van der Waals surface area contributed by atoms with Crippen molar-refractivity contribution < 1.29 is 23.7 Å². The van der Waals surface area contributed by atoms with Gasteiger partial charge in [0.05, 0.1) is 36.1 Å². The van der Waals surface area contributed by atoms with Gasteiger partial charge in [-0.05, 0) is 59.2 Å². The topological polar surface area (TPSA) is 88.4 Å². The number of benzene rings is 4. The number of para-hydroxylation sites is 1. The average molecular weight is 609 g/mol. The summed E-state index contributed by atoms with van der Waals surface area (Å²) in [6.07, 6.45) is 1.94. The lowest BCUT2D eigenvalue weighted by atomic mass is 9.94. The summed E-state index contributed by atoms with van der Waals surface area (Å²) in [7, 11) is 3.10. The van der Waals surface area contributed by atoms with Crippen molar-refractivity contribution in [3.8, 4) is 11.5 Å². The number of ether oxygens (including phenoxy) is 4. The minimum atomic E-state index is -0.857. The molecule has 5 aromatic rings. The van der Waals surface area contributed by atoms with Crippen LogP contribution in [0.5, 0.6) is 11.5 Å². The van der Waals surface area contributed by atoms with Gasteiger partial charge in [0.15, 0.2) is 16.3 Å². The van der Waals surface area contributed by atoms with Gasteiger partial charge in [-0.1, -0.05) is 72.0 Å². The van der Waals surface area contributed by atoms with Crippen molar-refractivity contribution in [2.45, 2.75) is 19.9 Å². The maximum absolute atomic E-state index is 14.4. The Morgan fingerprint density at radius 3 is 2.34 bits per heavy atom. The molecule has 0 amide bonds. The number of hydrogen-bond acceptors (Lipinski definition) is 8. The molecule has 9 heteroatoms. The molecule has 0 spiro atoms. The summed E-state index contributed by atoms with van der Waals surface area (Å²) in [5.74, 6) is 0.373. The van der Waals surface area contributed by atoms with Gasteiger partial charge in [0.1, 0.15) is 12.6 Å². The van der Waals surface area contributed by atoms with Crippen LogP contribution in [-0.4, -0.2) is 44.6 Å². The summed E-state index contributed by atoms with van der Waals surface area (Å²) in [6, 6.07) is 23.0. The van der Waals surface area contributed by atoms with Crippen molar-refractivity contribution in [1.29, 1.82) is 0 Å². The molecule has 1 aliphatic rings. The molecule has 1 aliphatic heterocycles. The molecule has 0 radical (unpaired) electrons. The number of carbonyl (C=O) groups excluding carboxylic acids is 1. The molecule has 1 aromatic heterocycles. The van der Waals surface area contributed by atoms with Crippen LogP contribution in [0.1, 0.15) is 31.0 Å². The summed E-state index contributed by atoms with van der Waals surface area (Å²) < 4.78 is 24.4. The van der Waals surface area contributed by atoms with Crippen LogP contribution in [0.15, 0.2) is 93.9 Å². The van der Waals surface area contributed by atoms with Crippen molar-refractivity contribution >= 4 is 44.9 Å². The van der Waals surface area contributed by atoms with Gasteiger partial charge >= 0.3 is 5.97 Å². The van der Waals surface area contributed by atoms with Crippen LogP contribution in [0.3, 0.4) is 0 Å². The number of fused-ring (bicyclic) bond motifs is 3. The fraction of sp³-hybridized carbons (Fsp3) is 0.229. The molecular formula is C35H32N2O6S. The van der Waals surface area contributed by atoms with Gasteiger partial charge in [-0.15, -0.1) is 0 Å². The van der Waals surface area contributed by atoms with Gasteiger partial charge in [0.2, 0.25) is 0 Å². The number of esters is 1. The van der Waals surface area contributed by atoms with Crippen LogP contribution in [0, 0.1) is 0 Å². The zero-order valence-corrected chi connectivity index (χ0v) is 25.8. The lowest BCUT2D eigenvalue weighted by molar-refractivity contribution is -0.140. The van der Waals surface area contributed by atoms with E-state index in [4.69, 9.17) is 23.9 Å². The van der Waals surface area contributed by atoms with Crippen molar-refractivity contribution in [1.82, 2.24) is 4.57 Å². The van der Waals surface area contributed by atoms with Crippen molar-refractivity contribution in [2.24, 2.45) is 4.99 Å². The fourth-order valence-electron chi connectivity index (χ4n) is 5.72. The molecule has 0 unspecified atom stereocenters. The predicted octanol–water partition coefficient (Wildman–Crippen LogP) is 5.14. The summed E-state index contributed by atoms with van der Waals surface area (Å²) >= 11 is 1.29. The Labute approximate surface area is 258 Å². The quantitative estimate of drug-likeness (QED) is 0.131. The first-order valence-electron chi connectivity index (χ1n) is 14.4. The zero-order chi connectivity index (χ0) is 30.8. The van der Waals surface area contributed by atoms with Crippen LogP contribution < -0.4 is 24.4 Å². The second kappa shape index (κ2) is 12.5. The van der Waals surface area contributed by atoms with Gasteiger partial charge in [0, 0.05) is 12.7 Å². The number of carbonyl (C=O) groups is 1. The SMILES string of the molecule is CCOc1c(OC)cccc1[C@@H]1C(C(=O)OCCOC)=C(C)N=c2s/c(=C/c3c4ccccc4cc4ccccc34)c(=O)n21. The van der Waals surface area contributed by atoms with Gasteiger partial charge in [0.25, 0.3) is 5.56 Å². The largest absolute Gasteiger partial charge is 0.493 e. The Morgan fingerprint density at radius 1 is 0.977 bits per heavy atom. The Kier molecular flexibility index (Phi) is 8.32. The lowest BCUT2D eigenvalue weighted by Gasteiger charge is -2.27. The first-order valence-corrected chi connectivity index (χ1v) is 15.2. The van der Waals surface area contributed by atoms with Gasteiger partial charge in [-0.25, -0.2) is 9.79 Å². The Balaban J connectivity index is 1.63. The smallest absolute Gasteiger partial charge is 0.338 e. The van der Waals surface area contributed by atoms with Crippen molar-refractivity contribution in [3.63, 3.8) is 0 Å². The lowest BCUT2D eigenvalue weighted by Crippen LogP contribution is -2.40. The minimum Gasteiger partial charge on any atom is -0.493 e. The number of nitrogens with zero attached hydrogens (tertiary/aromatic N) is 2. The first-order chi connectivity index (χ1) is 21.5. The van der Waals surface area contributed by atoms with Gasteiger partial charge < -0.3 is 18.9 Å². The van der Waals surface area contributed by atoms with E-state index in [2.05, 4.69) is 30.3 Å². The van der Waals surface area contributed by atoms with Crippen molar-refractivity contribution in [3.05, 3.63) is 115 Å². The number of aromatic nitrogens is 1. The molecule has 8 nitrogen and oxygen atoms in total. The standard InChI is InChI=1S/C35H32N2O6S/c1-5-42-32-26(15-10-16-28(32)41-4)31-30(34(39)43-18-17-40-3)21(2)36-35-37(31)33(38)29(44-35)20-27-24-13-8-6-11-22(24)19-23-12-7-9-14-25(23)27/h6-16,19-20,31H,5,17-18H2,1-4H3/b29-20+/t31-/m1/s1. The third-order valence-corrected chi connectivity index (χ3v) is 8.65. The van der Waals surface area contributed by atoms with E-state index in [-0.39, 0.29) is 24.3 Å². The summed E-state index contributed by atoms with van der Waals surface area (Å²) in [4.78, 5) is 33.3. The summed E-state index contributed by atoms with van der Waals surface area (Å²) in [5, 5.41) is 4.24. The molecule has 0 saturated carbocycles. The Hall–Kier alpha value is -4.73. The molecule has 0 aliphatic carbocycles. The molecule has 1 atom stereocenters. The molecule has 6 rings (SSSR count). The molecule has 0 N–H and O–H groups in total. The number of allylic oxidation sites excluding steroid dienone is 1. The van der Waals surface area contributed by atoms with E-state index in [0.717, 1.165) is 27.1 Å². The second-order valence-electron chi connectivity index (χ2n) is 10.3. The zero-order valence-electron chi connectivity index (χ0n) is 25.0. The van der Waals surface area contributed by atoms with E-state index in [0.29, 0.717) is 38.7 Å².